The SMILES string of the molecule is Cc1ccc(OCCCCn2c(CCCCCNC(=O)C(C)C)nc3ccccc32)cc1C. The second-order valence-electron chi connectivity index (χ2n) is 9.23. The van der Waals surface area contributed by atoms with Gasteiger partial charge in [0.2, 0.25) is 5.91 Å². The Balaban J connectivity index is 1.47. The van der Waals surface area contributed by atoms with Gasteiger partial charge in [-0.15, -0.1) is 0 Å². The van der Waals surface area contributed by atoms with Crippen LogP contribution in [0.4, 0.5) is 0 Å². The molecule has 2 aromatic carbocycles. The van der Waals surface area contributed by atoms with Gasteiger partial charge in [-0.25, -0.2) is 4.98 Å². The number of imidazole rings is 1. The van der Waals surface area contributed by atoms with Crippen LogP contribution < -0.4 is 10.1 Å². The minimum absolute atomic E-state index is 0.0521. The number of hydrogen-bond acceptors (Lipinski definition) is 3. The molecule has 1 N–H and O–H groups in total. The summed E-state index contributed by atoms with van der Waals surface area (Å²) in [5.41, 5.74) is 4.85. The number of para-hydroxylation sites is 2. The molecule has 0 spiro atoms. The quantitative estimate of drug-likeness (QED) is 0.326. The van der Waals surface area contributed by atoms with Gasteiger partial charge in [0.15, 0.2) is 0 Å². The van der Waals surface area contributed by atoms with Crippen molar-refractivity contribution in [2.75, 3.05) is 13.2 Å². The molecule has 1 amide bonds. The fraction of sp³-hybridized carbons (Fsp3) is 0.500. The predicted octanol–water partition coefficient (Wildman–Crippen LogP) is 6.00. The molecule has 0 atom stereocenters. The van der Waals surface area contributed by atoms with Crippen molar-refractivity contribution in [1.29, 1.82) is 0 Å². The van der Waals surface area contributed by atoms with Crippen molar-refractivity contribution in [2.24, 2.45) is 5.92 Å². The van der Waals surface area contributed by atoms with Crippen LogP contribution in [0.25, 0.3) is 11.0 Å². The van der Waals surface area contributed by atoms with Crippen LogP contribution in [0.1, 0.15) is 62.9 Å². The van der Waals surface area contributed by atoms with E-state index in [1.54, 1.807) is 0 Å². The third-order valence-electron chi connectivity index (χ3n) is 6.16. The van der Waals surface area contributed by atoms with E-state index in [1.165, 1.54) is 16.6 Å². The van der Waals surface area contributed by atoms with Crippen LogP contribution >= 0.6 is 0 Å². The van der Waals surface area contributed by atoms with Crippen LogP contribution in [0.3, 0.4) is 0 Å². The highest BCUT2D eigenvalue weighted by atomic mass is 16.5. The zero-order chi connectivity index (χ0) is 23.6. The lowest BCUT2D eigenvalue weighted by Gasteiger charge is -2.11. The maximum Gasteiger partial charge on any atom is 0.222 e. The number of ether oxygens (including phenoxy) is 1. The minimum Gasteiger partial charge on any atom is -0.494 e. The molecule has 178 valence electrons. The lowest BCUT2D eigenvalue weighted by Crippen LogP contribution is -2.28. The van der Waals surface area contributed by atoms with Gasteiger partial charge in [-0.3, -0.25) is 4.79 Å². The molecule has 0 aliphatic heterocycles. The molecule has 0 radical (unpaired) electrons. The van der Waals surface area contributed by atoms with Gasteiger partial charge in [0.05, 0.1) is 17.6 Å². The molecular formula is C28H39N3O2. The number of carbonyl (C=O) groups is 1. The normalized spacial score (nSPS) is 11.3. The Hall–Kier alpha value is -2.82. The van der Waals surface area contributed by atoms with Crippen LogP contribution in [-0.2, 0) is 17.8 Å². The van der Waals surface area contributed by atoms with Gasteiger partial charge >= 0.3 is 0 Å². The molecule has 0 saturated carbocycles. The molecule has 0 fully saturated rings. The van der Waals surface area contributed by atoms with E-state index in [-0.39, 0.29) is 11.8 Å². The smallest absolute Gasteiger partial charge is 0.222 e. The third-order valence-corrected chi connectivity index (χ3v) is 6.16. The van der Waals surface area contributed by atoms with E-state index in [9.17, 15) is 4.79 Å². The Labute approximate surface area is 198 Å². The average Bonchev–Trinajstić information content (AvgIpc) is 3.15. The van der Waals surface area contributed by atoms with Crippen LogP contribution in [0.2, 0.25) is 0 Å². The number of carbonyl (C=O) groups excluding carboxylic acids is 1. The summed E-state index contributed by atoms with van der Waals surface area (Å²) >= 11 is 0. The Kier molecular flexibility index (Phi) is 9.35. The maximum atomic E-state index is 11.7. The molecule has 0 aliphatic rings. The summed E-state index contributed by atoms with van der Waals surface area (Å²) < 4.78 is 8.34. The molecule has 5 nitrogen and oxygen atoms in total. The summed E-state index contributed by atoms with van der Waals surface area (Å²) in [5, 5.41) is 3.00. The highest BCUT2D eigenvalue weighted by molar-refractivity contribution is 5.77. The molecule has 0 bridgehead atoms. The number of nitrogens with one attached hydrogen (secondary N) is 1. The lowest BCUT2D eigenvalue weighted by atomic mass is 10.1. The zero-order valence-electron chi connectivity index (χ0n) is 20.7. The Morgan fingerprint density at radius 1 is 1.00 bits per heavy atom. The minimum atomic E-state index is 0.0521. The lowest BCUT2D eigenvalue weighted by molar-refractivity contribution is -0.123. The molecule has 1 heterocycles. The summed E-state index contributed by atoms with van der Waals surface area (Å²) in [7, 11) is 0. The summed E-state index contributed by atoms with van der Waals surface area (Å²) in [6.45, 7) is 10.5. The van der Waals surface area contributed by atoms with Crippen molar-refractivity contribution < 1.29 is 9.53 Å². The van der Waals surface area contributed by atoms with E-state index in [0.29, 0.717) is 0 Å². The van der Waals surface area contributed by atoms with E-state index >= 15 is 0 Å². The van der Waals surface area contributed by atoms with Crippen LogP contribution in [0, 0.1) is 19.8 Å². The van der Waals surface area contributed by atoms with E-state index in [4.69, 9.17) is 9.72 Å². The van der Waals surface area contributed by atoms with Crippen LogP contribution in [0.15, 0.2) is 42.5 Å². The second-order valence-corrected chi connectivity index (χ2v) is 9.23. The van der Waals surface area contributed by atoms with Gasteiger partial charge in [0.1, 0.15) is 11.6 Å². The zero-order valence-corrected chi connectivity index (χ0v) is 20.7. The predicted molar refractivity (Wildman–Crippen MR) is 136 cm³/mol. The average molecular weight is 450 g/mol. The Bertz CT molecular complexity index is 1040. The van der Waals surface area contributed by atoms with Crippen molar-refractivity contribution in [3.8, 4) is 5.75 Å². The molecule has 0 unspecified atom stereocenters. The van der Waals surface area contributed by atoms with Crippen molar-refractivity contribution in [3.05, 3.63) is 59.4 Å². The van der Waals surface area contributed by atoms with Gasteiger partial charge in [-0.1, -0.05) is 38.5 Å². The number of rotatable bonds is 13. The highest BCUT2D eigenvalue weighted by Gasteiger charge is 2.10. The molecular weight excluding hydrogens is 410 g/mol. The molecule has 3 rings (SSSR count). The number of nitrogens with zero attached hydrogens (tertiary/aromatic N) is 2. The summed E-state index contributed by atoms with van der Waals surface area (Å²) in [4.78, 5) is 16.6. The Morgan fingerprint density at radius 3 is 2.61 bits per heavy atom. The first-order valence-corrected chi connectivity index (χ1v) is 12.4. The van der Waals surface area contributed by atoms with Gasteiger partial charge in [0.25, 0.3) is 0 Å². The van der Waals surface area contributed by atoms with Crippen LogP contribution in [0.5, 0.6) is 5.75 Å². The molecule has 5 heteroatoms. The molecule has 1 aromatic heterocycles. The highest BCUT2D eigenvalue weighted by Crippen LogP contribution is 2.20. The van der Waals surface area contributed by atoms with Gasteiger partial charge < -0.3 is 14.6 Å². The molecule has 0 saturated heterocycles. The second kappa shape index (κ2) is 12.4. The monoisotopic (exact) mass is 449 g/mol. The summed E-state index contributed by atoms with van der Waals surface area (Å²) in [5.74, 6) is 2.31. The number of benzene rings is 2. The van der Waals surface area contributed by atoms with Gasteiger partial charge in [-0.05, 0) is 74.9 Å². The van der Waals surface area contributed by atoms with E-state index in [1.807, 2.05) is 13.8 Å². The van der Waals surface area contributed by atoms with Crippen molar-refractivity contribution in [1.82, 2.24) is 14.9 Å². The van der Waals surface area contributed by atoms with Crippen molar-refractivity contribution in [3.63, 3.8) is 0 Å². The number of aryl methyl sites for hydroxylation is 4. The molecule has 0 aliphatic carbocycles. The largest absolute Gasteiger partial charge is 0.494 e. The third kappa shape index (κ3) is 7.34. The number of fused-ring (bicyclic) bond motifs is 1. The van der Waals surface area contributed by atoms with Crippen molar-refractivity contribution in [2.45, 2.75) is 72.8 Å². The number of unbranched alkanes of at least 4 members (excludes halogenated alkanes) is 3. The van der Waals surface area contributed by atoms with Crippen molar-refractivity contribution >= 4 is 16.9 Å². The molecule has 3 aromatic rings. The van der Waals surface area contributed by atoms with E-state index in [2.05, 4.69) is 66.2 Å². The fourth-order valence-corrected chi connectivity index (χ4v) is 3.93. The maximum absolute atomic E-state index is 11.7. The van der Waals surface area contributed by atoms with E-state index in [0.717, 1.165) is 75.3 Å². The van der Waals surface area contributed by atoms with Gasteiger partial charge in [-0.2, -0.15) is 0 Å². The summed E-state index contributed by atoms with van der Waals surface area (Å²) in [6.07, 6.45) is 6.20. The topological polar surface area (TPSA) is 56.1 Å². The van der Waals surface area contributed by atoms with E-state index < -0.39 is 0 Å². The summed E-state index contributed by atoms with van der Waals surface area (Å²) in [6, 6.07) is 14.7. The van der Waals surface area contributed by atoms with Crippen LogP contribution in [-0.4, -0.2) is 28.6 Å². The van der Waals surface area contributed by atoms with Gasteiger partial charge in [0, 0.05) is 25.4 Å². The number of amides is 1. The molecule has 33 heavy (non-hydrogen) atoms. The first-order valence-electron chi connectivity index (χ1n) is 12.4. The first-order chi connectivity index (χ1) is 16.0. The number of hydrogen-bond donors (Lipinski definition) is 1. The number of aromatic nitrogens is 2. The Morgan fingerprint density at radius 2 is 1.82 bits per heavy atom. The standard InChI is InChI=1S/C28H39N3O2/c1-21(2)28(32)29-17-9-5-6-14-27-30-25-12-7-8-13-26(25)31(27)18-10-11-19-33-24-16-15-22(3)23(4)20-24/h7-8,12-13,15-16,20-21H,5-6,9-11,14,17-19H2,1-4H3,(H,29,32). The fourth-order valence-electron chi connectivity index (χ4n) is 3.93. The first kappa shape index (κ1) is 24.8.